The second kappa shape index (κ2) is 6.80. The summed E-state index contributed by atoms with van der Waals surface area (Å²) >= 11 is 5.91. The number of carbonyl (C=O) groups excluding carboxylic acids is 2. The molecule has 0 aromatic heterocycles. The molecule has 21 heavy (non-hydrogen) atoms. The molecule has 1 aromatic rings. The number of methoxy groups -OCH3 is 1. The first-order chi connectivity index (χ1) is 9.99. The zero-order chi connectivity index (χ0) is 15.4. The van der Waals surface area contributed by atoms with Gasteiger partial charge in [-0.2, -0.15) is 0 Å². The van der Waals surface area contributed by atoms with E-state index < -0.39 is 12.1 Å². The maximum atomic E-state index is 11.9. The molecule has 1 N–H and O–H groups in total. The molecular weight excluding hydrogens is 294 g/mol. The molecule has 1 amide bonds. The van der Waals surface area contributed by atoms with E-state index in [0.717, 1.165) is 12.8 Å². The number of amides is 1. The monoisotopic (exact) mass is 311 g/mol. The van der Waals surface area contributed by atoms with Crippen molar-refractivity contribution in [2.24, 2.45) is 0 Å². The molecule has 0 spiro atoms. The molecule has 0 unspecified atom stereocenters. The fourth-order valence-electron chi connectivity index (χ4n) is 1.88. The fraction of sp³-hybridized carbons (Fsp3) is 0.467. The Bertz CT molecular complexity index is 542. The largest absolute Gasteiger partial charge is 0.496 e. The average molecular weight is 312 g/mol. The van der Waals surface area contributed by atoms with Gasteiger partial charge in [-0.15, -0.1) is 0 Å². The summed E-state index contributed by atoms with van der Waals surface area (Å²) in [6, 6.07) is 5.26. The number of rotatable bonds is 6. The summed E-state index contributed by atoms with van der Waals surface area (Å²) in [7, 11) is 1.52. The molecule has 0 saturated heterocycles. The Morgan fingerprint density at radius 3 is 2.76 bits per heavy atom. The number of hydrogen-bond donors (Lipinski definition) is 1. The van der Waals surface area contributed by atoms with Gasteiger partial charge < -0.3 is 14.8 Å². The maximum absolute atomic E-state index is 11.9. The third-order valence-corrected chi connectivity index (χ3v) is 3.41. The molecule has 6 heteroatoms. The molecule has 1 atom stereocenters. The number of hydrogen-bond acceptors (Lipinski definition) is 4. The first-order valence-electron chi connectivity index (χ1n) is 6.82. The van der Waals surface area contributed by atoms with E-state index in [0.29, 0.717) is 16.3 Å². The van der Waals surface area contributed by atoms with Crippen molar-refractivity contribution in [3.8, 4) is 5.75 Å². The lowest BCUT2D eigenvalue weighted by Gasteiger charge is -2.14. The molecule has 1 saturated carbocycles. The minimum Gasteiger partial charge on any atom is -0.496 e. The zero-order valence-electron chi connectivity index (χ0n) is 12.0. The third kappa shape index (κ3) is 4.63. The van der Waals surface area contributed by atoms with E-state index in [1.165, 1.54) is 7.11 Å². The Morgan fingerprint density at radius 1 is 1.43 bits per heavy atom. The lowest BCUT2D eigenvalue weighted by molar-refractivity contribution is -0.154. The molecule has 1 fully saturated rings. The standard InChI is InChI=1S/C15H18ClNO4/c1-9(15(19)17-12-4-5-12)21-14(18)8-10-7-11(16)3-6-13(10)20-2/h3,6-7,9,12H,4-5,8H2,1-2H3,(H,17,19)/t9-/m0/s1. The van der Waals surface area contributed by atoms with Gasteiger partial charge in [-0.1, -0.05) is 11.6 Å². The number of benzene rings is 1. The van der Waals surface area contributed by atoms with Gasteiger partial charge in [-0.3, -0.25) is 9.59 Å². The van der Waals surface area contributed by atoms with Gasteiger partial charge in [0.2, 0.25) is 0 Å². The Labute approximate surface area is 128 Å². The van der Waals surface area contributed by atoms with Gasteiger partial charge in [0.1, 0.15) is 5.75 Å². The van der Waals surface area contributed by atoms with E-state index in [1.54, 1.807) is 25.1 Å². The summed E-state index contributed by atoms with van der Waals surface area (Å²) in [6.07, 6.45) is 1.19. The van der Waals surface area contributed by atoms with Crippen molar-refractivity contribution in [3.05, 3.63) is 28.8 Å². The van der Waals surface area contributed by atoms with Crippen LogP contribution in [0, 0.1) is 0 Å². The van der Waals surface area contributed by atoms with Gasteiger partial charge in [0.15, 0.2) is 6.10 Å². The van der Waals surface area contributed by atoms with E-state index in [1.807, 2.05) is 0 Å². The van der Waals surface area contributed by atoms with Gasteiger partial charge >= 0.3 is 5.97 Å². The first kappa shape index (κ1) is 15.6. The fourth-order valence-corrected chi connectivity index (χ4v) is 2.07. The van der Waals surface area contributed by atoms with Crippen LogP contribution in [-0.2, 0) is 20.7 Å². The van der Waals surface area contributed by atoms with Crippen LogP contribution in [0.5, 0.6) is 5.75 Å². The highest BCUT2D eigenvalue weighted by Gasteiger charge is 2.27. The van der Waals surface area contributed by atoms with Crippen LogP contribution in [0.3, 0.4) is 0 Å². The summed E-state index contributed by atoms with van der Waals surface area (Å²) in [6.45, 7) is 1.56. The van der Waals surface area contributed by atoms with Crippen LogP contribution in [0.4, 0.5) is 0 Å². The summed E-state index contributed by atoms with van der Waals surface area (Å²) in [5.74, 6) is -0.190. The smallest absolute Gasteiger partial charge is 0.311 e. The molecule has 0 radical (unpaired) electrons. The van der Waals surface area contributed by atoms with E-state index >= 15 is 0 Å². The SMILES string of the molecule is COc1ccc(Cl)cc1CC(=O)O[C@@H](C)C(=O)NC1CC1. The summed E-state index contributed by atoms with van der Waals surface area (Å²) in [5, 5.41) is 3.30. The highest BCUT2D eigenvalue weighted by Crippen LogP contribution is 2.23. The van der Waals surface area contributed by atoms with E-state index in [2.05, 4.69) is 5.32 Å². The van der Waals surface area contributed by atoms with Crippen molar-refractivity contribution in [2.75, 3.05) is 7.11 Å². The van der Waals surface area contributed by atoms with Crippen molar-refractivity contribution >= 4 is 23.5 Å². The minimum atomic E-state index is -0.803. The predicted molar refractivity (Wildman–Crippen MR) is 78.4 cm³/mol. The van der Waals surface area contributed by atoms with Crippen LogP contribution in [0.2, 0.25) is 5.02 Å². The van der Waals surface area contributed by atoms with Gasteiger partial charge in [-0.25, -0.2) is 0 Å². The van der Waals surface area contributed by atoms with E-state index in [-0.39, 0.29) is 18.4 Å². The highest BCUT2D eigenvalue weighted by molar-refractivity contribution is 6.30. The minimum absolute atomic E-state index is 0.00474. The Morgan fingerprint density at radius 2 is 2.14 bits per heavy atom. The molecule has 114 valence electrons. The summed E-state index contributed by atoms with van der Waals surface area (Å²) < 4.78 is 10.3. The Balaban J connectivity index is 1.91. The van der Waals surface area contributed by atoms with Gasteiger partial charge in [0.25, 0.3) is 5.91 Å². The molecule has 1 aromatic carbocycles. The molecule has 0 aliphatic heterocycles. The number of esters is 1. The van der Waals surface area contributed by atoms with Crippen LogP contribution in [0.25, 0.3) is 0 Å². The summed E-state index contributed by atoms with van der Waals surface area (Å²) in [4.78, 5) is 23.6. The number of ether oxygens (including phenoxy) is 2. The average Bonchev–Trinajstić information content (AvgIpc) is 3.22. The van der Waals surface area contributed by atoms with Crippen molar-refractivity contribution < 1.29 is 19.1 Å². The van der Waals surface area contributed by atoms with Crippen LogP contribution < -0.4 is 10.1 Å². The normalized spacial score (nSPS) is 15.2. The van der Waals surface area contributed by atoms with Crippen LogP contribution >= 0.6 is 11.6 Å². The van der Waals surface area contributed by atoms with Gasteiger partial charge in [-0.05, 0) is 38.0 Å². The third-order valence-electron chi connectivity index (χ3n) is 3.18. The van der Waals surface area contributed by atoms with Crippen LogP contribution in [0.15, 0.2) is 18.2 Å². The van der Waals surface area contributed by atoms with Gasteiger partial charge in [0, 0.05) is 16.6 Å². The number of nitrogens with one attached hydrogen (secondary N) is 1. The Kier molecular flexibility index (Phi) is 5.07. The Hall–Kier alpha value is -1.75. The quantitative estimate of drug-likeness (QED) is 0.817. The predicted octanol–water partition coefficient (Wildman–Crippen LogP) is 2.10. The second-order valence-electron chi connectivity index (χ2n) is 5.05. The molecular formula is C15H18ClNO4. The topological polar surface area (TPSA) is 64.6 Å². The van der Waals surface area contributed by atoms with Crippen molar-refractivity contribution in [3.63, 3.8) is 0 Å². The second-order valence-corrected chi connectivity index (χ2v) is 5.48. The van der Waals surface area contributed by atoms with Crippen molar-refractivity contribution in [1.82, 2.24) is 5.32 Å². The van der Waals surface area contributed by atoms with E-state index in [4.69, 9.17) is 21.1 Å². The lowest BCUT2D eigenvalue weighted by atomic mass is 10.1. The van der Waals surface area contributed by atoms with Crippen LogP contribution in [0.1, 0.15) is 25.3 Å². The van der Waals surface area contributed by atoms with Crippen molar-refractivity contribution in [1.29, 1.82) is 0 Å². The molecule has 1 aliphatic rings. The first-order valence-corrected chi connectivity index (χ1v) is 7.19. The van der Waals surface area contributed by atoms with E-state index in [9.17, 15) is 9.59 Å². The molecule has 1 aliphatic carbocycles. The zero-order valence-corrected chi connectivity index (χ0v) is 12.8. The number of carbonyl (C=O) groups is 2. The molecule has 0 heterocycles. The lowest BCUT2D eigenvalue weighted by Crippen LogP contribution is -2.37. The summed E-state index contributed by atoms with van der Waals surface area (Å²) in [5.41, 5.74) is 0.629. The van der Waals surface area contributed by atoms with Gasteiger partial charge in [0.05, 0.1) is 13.5 Å². The number of halogens is 1. The van der Waals surface area contributed by atoms with Crippen molar-refractivity contribution in [2.45, 2.75) is 38.3 Å². The molecule has 0 bridgehead atoms. The van der Waals surface area contributed by atoms with Crippen LogP contribution in [-0.4, -0.2) is 31.1 Å². The molecule has 5 nitrogen and oxygen atoms in total. The highest BCUT2D eigenvalue weighted by atomic mass is 35.5. The molecule has 2 rings (SSSR count). The maximum Gasteiger partial charge on any atom is 0.311 e.